The van der Waals surface area contributed by atoms with Crippen molar-refractivity contribution in [2.75, 3.05) is 6.61 Å². The molecule has 0 aliphatic heterocycles. The molecule has 1 heterocycles. The highest BCUT2D eigenvalue weighted by Gasteiger charge is 2.12. The van der Waals surface area contributed by atoms with Crippen molar-refractivity contribution < 1.29 is 14.3 Å². The average Bonchev–Trinajstić information content (AvgIpc) is 3.01. The lowest BCUT2D eigenvalue weighted by atomic mass is 10.1. The van der Waals surface area contributed by atoms with Crippen LogP contribution in [0.15, 0.2) is 59.7 Å². The zero-order valence-electron chi connectivity index (χ0n) is 17.6. The molecule has 0 bridgehead atoms. The third-order valence-electron chi connectivity index (χ3n) is 4.87. The first-order valence-corrected chi connectivity index (χ1v) is 9.78. The molecule has 30 heavy (non-hydrogen) atoms. The molecule has 0 saturated heterocycles. The number of nitrogens with zero attached hydrogens (tertiary/aromatic N) is 2. The highest BCUT2D eigenvalue weighted by Crippen LogP contribution is 2.20. The Balaban J connectivity index is 1.77. The molecule has 1 amide bonds. The highest BCUT2D eigenvalue weighted by atomic mass is 16.5. The van der Waals surface area contributed by atoms with Gasteiger partial charge in [0.25, 0.3) is 5.91 Å². The van der Waals surface area contributed by atoms with Crippen LogP contribution in [0.4, 0.5) is 0 Å². The number of benzene rings is 2. The van der Waals surface area contributed by atoms with Gasteiger partial charge in [0.1, 0.15) is 0 Å². The third kappa shape index (κ3) is 4.49. The number of hydrogen-bond acceptors (Lipinski definition) is 4. The van der Waals surface area contributed by atoms with E-state index in [1.807, 2.05) is 57.2 Å². The molecular weight excluding hydrogens is 378 g/mol. The normalized spacial score (nSPS) is 10.9. The summed E-state index contributed by atoms with van der Waals surface area (Å²) in [6, 6.07) is 16.6. The quantitative estimate of drug-likeness (QED) is 0.378. The van der Waals surface area contributed by atoms with Gasteiger partial charge in [-0.2, -0.15) is 5.10 Å². The van der Waals surface area contributed by atoms with Gasteiger partial charge < -0.3 is 9.30 Å². The van der Waals surface area contributed by atoms with E-state index in [9.17, 15) is 9.59 Å². The van der Waals surface area contributed by atoms with Crippen LogP contribution >= 0.6 is 0 Å². The lowest BCUT2D eigenvalue weighted by Crippen LogP contribution is -2.18. The smallest absolute Gasteiger partial charge is 0.338 e. The molecule has 154 valence electrons. The number of hydrazone groups is 1. The number of rotatable bonds is 6. The number of hydrogen-bond donors (Lipinski definition) is 1. The average molecular weight is 403 g/mol. The zero-order chi connectivity index (χ0) is 21.7. The van der Waals surface area contributed by atoms with Crippen molar-refractivity contribution in [3.8, 4) is 5.69 Å². The molecule has 0 atom stereocenters. The first kappa shape index (κ1) is 21.0. The largest absolute Gasteiger partial charge is 0.462 e. The van der Waals surface area contributed by atoms with Gasteiger partial charge >= 0.3 is 5.97 Å². The maximum atomic E-state index is 12.3. The number of carbonyl (C=O) groups excluding carboxylic acids is 2. The Morgan fingerprint density at radius 3 is 2.43 bits per heavy atom. The fourth-order valence-corrected chi connectivity index (χ4v) is 3.32. The van der Waals surface area contributed by atoms with Crippen LogP contribution in [0.1, 0.15) is 50.2 Å². The van der Waals surface area contributed by atoms with Gasteiger partial charge in [-0.15, -0.1) is 0 Å². The summed E-state index contributed by atoms with van der Waals surface area (Å²) in [4.78, 5) is 24.1. The minimum absolute atomic E-state index is 0.243. The van der Waals surface area contributed by atoms with Crippen molar-refractivity contribution in [1.29, 1.82) is 0 Å². The summed E-state index contributed by atoms with van der Waals surface area (Å²) < 4.78 is 7.10. The molecule has 0 saturated carbocycles. The minimum atomic E-state index is -0.331. The molecule has 0 fully saturated rings. The monoisotopic (exact) mass is 403 g/mol. The number of nitrogens with one attached hydrogen (secondary N) is 1. The Kier molecular flexibility index (Phi) is 6.47. The lowest BCUT2D eigenvalue weighted by molar-refractivity contribution is 0.0526. The molecule has 0 unspecified atom stereocenters. The Labute approximate surface area is 176 Å². The molecule has 0 radical (unpaired) electrons. The summed E-state index contributed by atoms with van der Waals surface area (Å²) in [6.45, 7) is 8.00. The van der Waals surface area contributed by atoms with Crippen molar-refractivity contribution in [2.24, 2.45) is 5.10 Å². The van der Waals surface area contributed by atoms with Gasteiger partial charge in [0, 0.05) is 28.2 Å². The Hall–Kier alpha value is -3.67. The first-order valence-electron chi connectivity index (χ1n) is 9.78. The number of aryl methyl sites for hydroxylation is 2. The summed E-state index contributed by atoms with van der Waals surface area (Å²) in [5, 5.41) is 4.13. The van der Waals surface area contributed by atoms with Gasteiger partial charge in [0.2, 0.25) is 0 Å². The summed E-state index contributed by atoms with van der Waals surface area (Å²) in [5.74, 6) is -0.574. The maximum Gasteiger partial charge on any atom is 0.338 e. The predicted molar refractivity (Wildman–Crippen MR) is 117 cm³/mol. The van der Waals surface area contributed by atoms with E-state index in [4.69, 9.17) is 4.74 Å². The second-order valence-electron chi connectivity index (χ2n) is 6.94. The number of esters is 1. The second-order valence-corrected chi connectivity index (χ2v) is 6.94. The van der Waals surface area contributed by atoms with Crippen molar-refractivity contribution in [2.45, 2.75) is 27.7 Å². The van der Waals surface area contributed by atoms with Crippen molar-refractivity contribution in [3.63, 3.8) is 0 Å². The fraction of sp³-hybridized carbons (Fsp3) is 0.208. The van der Waals surface area contributed by atoms with Gasteiger partial charge in [0.05, 0.1) is 18.4 Å². The summed E-state index contributed by atoms with van der Waals surface area (Å²) >= 11 is 0. The van der Waals surface area contributed by atoms with Crippen LogP contribution in [0, 0.1) is 20.8 Å². The van der Waals surface area contributed by atoms with Crippen LogP contribution in [0.2, 0.25) is 0 Å². The van der Waals surface area contributed by atoms with Crippen LogP contribution in [-0.2, 0) is 4.74 Å². The molecule has 3 rings (SSSR count). The van der Waals surface area contributed by atoms with Crippen molar-refractivity contribution in [1.82, 2.24) is 9.99 Å². The van der Waals surface area contributed by atoms with E-state index in [-0.39, 0.29) is 11.9 Å². The summed E-state index contributed by atoms with van der Waals surface area (Å²) in [5.41, 5.74) is 8.42. The molecular formula is C24H25N3O3. The minimum Gasteiger partial charge on any atom is -0.462 e. The second kappa shape index (κ2) is 9.22. The van der Waals surface area contributed by atoms with E-state index >= 15 is 0 Å². The topological polar surface area (TPSA) is 72.7 Å². The number of carbonyl (C=O) groups is 2. The molecule has 1 N–H and O–H groups in total. The number of amides is 1. The number of aromatic nitrogens is 1. The van der Waals surface area contributed by atoms with Gasteiger partial charge in [0.15, 0.2) is 0 Å². The zero-order valence-corrected chi connectivity index (χ0v) is 17.6. The lowest BCUT2D eigenvalue weighted by Gasteiger charge is -2.10. The SMILES string of the molecule is CCOC(=O)c1ccc(-n2c(C)cc(/C=N\NC(=O)c3ccccc3C)c2C)cc1. The van der Waals surface area contributed by atoms with Gasteiger partial charge in [-0.3, -0.25) is 4.79 Å². The van der Waals surface area contributed by atoms with E-state index < -0.39 is 0 Å². The highest BCUT2D eigenvalue weighted by molar-refractivity contribution is 5.96. The Bertz CT molecular complexity index is 1100. The maximum absolute atomic E-state index is 12.3. The van der Waals surface area contributed by atoms with Crippen LogP contribution in [-0.4, -0.2) is 29.3 Å². The van der Waals surface area contributed by atoms with Crippen LogP contribution < -0.4 is 5.43 Å². The molecule has 2 aromatic carbocycles. The Morgan fingerprint density at radius 2 is 1.77 bits per heavy atom. The van der Waals surface area contributed by atoms with Gasteiger partial charge in [-0.25, -0.2) is 10.2 Å². The molecule has 1 aromatic heterocycles. The summed E-state index contributed by atoms with van der Waals surface area (Å²) in [7, 11) is 0. The fourth-order valence-electron chi connectivity index (χ4n) is 3.32. The number of ether oxygens (including phenoxy) is 1. The van der Waals surface area contributed by atoms with E-state index in [2.05, 4.69) is 15.1 Å². The Morgan fingerprint density at radius 1 is 1.07 bits per heavy atom. The van der Waals surface area contributed by atoms with Crippen LogP contribution in [0.25, 0.3) is 5.69 Å². The van der Waals surface area contributed by atoms with Crippen LogP contribution in [0.5, 0.6) is 0 Å². The van der Waals surface area contributed by atoms with E-state index in [0.717, 1.165) is 28.2 Å². The molecule has 3 aromatic rings. The van der Waals surface area contributed by atoms with Crippen molar-refractivity contribution >= 4 is 18.1 Å². The standard InChI is InChI=1S/C24H25N3O3/c1-5-30-24(29)19-10-12-21(13-11-19)27-17(3)14-20(18(27)4)15-25-26-23(28)22-9-7-6-8-16(22)2/h6-15H,5H2,1-4H3,(H,26,28)/b25-15-. The van der Waals surface area contributed by atoms with Crippen molar-refractivity contribution in [3.05, 3.63) is 88.2 Å². The molecule has 0 spiro atoms. The molecule has 0 aliphatic carbocycles. The molecule has 0 aliphatic rings. The first-order chi connectivity index (χ1) is 14.4. The molecule has 6 nitrogen and oxygen atoms in total. The predicted octanol–water partition coefficient (Wildman–Crippen LogP) is 4.34. The summed E-state index contributed by atoms with van der Waals surface area (Å²) in [6.07, 6.45) is 1.64. The third-order valence-corrected chi connectivity index (χ3v) is 4.87. The molecule has 6 heteroatoms. The van der Waals surface area contributed by atoms with E-state index in [1.165, 1.54) is 0 Å². The van der Waals surface area contributed by atoms with E-state index in [1.54, 1.807) is 31.3 Å². The van der Waals surface area contributed by atoms with E-state index in [0.29, 0.717) is 17.7 Å². The van der Waals surface area contributed by atoms with Crippen LogP contribution in [0.3, 0.4) is 0 Å². The van der Waals surface area contributed by atoms with Gasteiger partial charge in [-0.05, 0) is 69.7 Å². The van der Waals surface area contributed by atoms with Gasteiger partial charge in [-0.1, -0.05) is 18.2 Å².